The zero-order valence-corrected chi connectivity index (χ0v) is 30.1. The van der Waals surface area contributed by atoms with Gasteiger partial charge in [0, 0.05) is 47.7 Å². The molecule has 3 aliphatic rings. The first-order valence-electron chi connectivity index (χ1n) is 28.4. The average Bonchev–Trinajstić information content (AvgIpc) is 4.33. The van der Waals surface area contributed by atoms with Crippen molar-refractivity contribution in [2.45, 2.75) is 33.1 Å². The van der Waals surface area contributed by atoms with Crippen LogP contribution in [-0.2, 0) is 5.41 Å². The second-order valence-electron chi connectivity index (χ2n) is 14.8. The van der Waals surface area contributed by atoms with Crippen LogP contribution in [0.1, 0.15) is 62.1 Å². The summed E-state index contributed by atoms with van der Waals surface area (Å²) in [6, 6.07) is -12.9. The van der Waals surface area contributed by atoms with E-state index in [-0.39, 0.29) is 133 Å². The number of furan rings is 1. The van der Waals surface area contributed by atoms with Gasteiger partial charge in [-0.2, -0.15) is 0 Å². The summed E-state index contributed by atoms with van der Waals surface area (Å²) >= 11 is 0.774. The van der Waals surface area contributed by atoms with Gasteiger partial charge in [-0.05, 0) is 94.8 Å². The Kier molecular flexibility index (Phi) is 2.98. The molecule has 0 saturated heterocycles. The van der Waals surface area contributed by atoms with E-state index >= 15 is 0 Å². The molecule has 0 fully saturated rings. The number of hydrogen-bond donors (Lipinski definition) is 0. The third-order valence-corrected chi connectivity index (χ3v) is 11.7. The molecule has 4 nitrogen and oxygen atoms in total. The first-order valence-corrected chi connectivity index (χ1v) is 18.3. The largest absolute Gasteiger partial charge is 0.468 e. The van der Waals surface area contributed by atoms with Crippen LogP contribution in [0, 0.1) is 6.92 Å². The Hall–Kier alpha value is -6.24. The van der Waals surface area contributed by atoms with Gasteiger partial charge in [-0.1, -0.05) is 93.3 Å². The van der Waals surface area contributed by atoms with Crippen LogP contribution in [0.2, 0.25) is 0 Å². The number of thiophene rings is 1. The molecule has 0 amide bonds. The average molecular weight is 746 g/mol. The van der Waals surface area contributed by atoms with E-state index in [1.165, 1.54) is 21.3 Å². The van der Waals surface area contributed by atoms with Crippen molar-refractivity contribution in [3.05, 3.63) is 144 Å². The van der Waals surface area contributed by atoms with Crippen LogP contribution in [0.15, 0.2) is 137 Å². The fourth-order valence-electron chi connectivity index (χ4n) is 8.50. The lowest BCUT2D eigenvalue weighted by Gasteiger charge is -2.45. The quantitative estimate of drug-likeness (QED) is 0.156. The topological polar surface area (TPSA) is 24.6 Å². The highest BCUT2D eigenvalue weighted by molar-refractivity contribution is 7.26. The molecule has 0 atom stereocenters. The van der Waals surface area contributed by atoms with E-state index in [4.69, 9.17) is 11.3 Å². The van der Waals surface area contributed by atoms with Crippen molar-refractivity contribution in [2.75, 3.05) is 9.80 Å². The second-order valence-corrected chi connectivity index (χ2v) is 15.9. The van der Waals surface area contributed by atoms with Crippen molar-refractivity contribution >= 4 is 122 Å². The highest BCUT2D eigenvalue weighted by Crippen LogP contribution is 2.54. The molecule has 55 heavy (non-hydrogen) atoms. The van der Waals surface area contributed by atoms with Gasteiger partial charge in [0.2, 0.25) is 0 Å². The summed E-state index contributed by atoms with van der Waals surface area (Å²) in [5.41, 5.74) is -4.13. The van der Waals surface area contributed by atoms with Gasteiger partial charge in [-0.25, -0.2) is 0 Å². The second kappa shape index (κ2) is 10.1. The van der Waals surface area contributed by atoms with Crippen LogP contribution in [-0.4, -0.2) is 11.3 Å². The molecule has 0 saturated carbocycles. The lowest BCUT2D eigenvalue weighted by molar-refractivity contribution is 0.590. The molecular formula is C49H34BN3OS. The van der Waals surface area contributed by atoms with E-state index in [9.17, 15) is 23.3 Å². The number of rotatable bonds is 1. The molecular weight excluding hydrogens is 689 g/mol. The minimum absolute atomic E-state index is 0.0387. The van der Waals surface area contributed by atoms with E-state index in [1.54, 1.807) is 20.8 Å². The first-order chi connectivity index (χ1) is 36.0. The predicted octanol–water partition coefficient (Wildman–Crippen LogP) is 11.9. The molecule has 3 aromatic heterocycles. The Morgan fingerprint density at radius 3 is 2.16 bits per heavy atom. The zero-order valence-electron chi connectivity index (χ0n) is 51.2. The molecule has 13 rings (SSSR count). The smallest absolute Gasteiger partial charge is 0.297 e. The van der Waals surface area contributed by atoms with Crippen LogP contribution < -0.4 is 26.4 Å². The number of fused-ring (bicyclic) bond motifs is 14. The molecule has 0 bridgehead atoms. The molecule has 3 aliphatic heterocycles. The monoisotopic (exact) mass is 745 g/mol. The van der Waals surface area contributed by atoms with Crippen molar-refractivity contribution in [1.82, 2.24) is 4.57 Å². The third-order valence-electron chi connectivity index (χ3n) is 10.7. The lowest BCUT2D eigenvalue weighted by Crippen LogP contribution is -2.61. The van der Waals surface area contributed by atoms with Crippen LogP contribution in [0.4, 0.5) is 34.1 Å². The van der Waals surface area contributed by atoms with Crippen LogP contribution in [0.25, 0.3) is 58.6 Å². The van der Waals surface area contributed by atoms with Crippen molar-refractivity contribution < 1.29 is 34.6 Å². The van der Waals surface area contributed by atoms with Gasteiger partial charge in [-0.3, -0.25) is 0 Å². The molecule has 0 spiro atoms. The Bertz CT molecular complexity index is 4630. The molecule has 7 aromatic carbocycles. The van der Waals surface area contributed by atoms with Gasteiger partial charge >= 0.3 is 0 Å². The molecule has 0 N–H and O–H groups in total. The Morgan fingerprint density at radius 1 is 0.618 bits per heavy atom. The first kappa shape index (κ1) is 16.2. The normalized spacial score (nSPS) is 19.7. The minimum Gasteiger partial charge on any atom is -0.468 e. The standard InChI is InChI=1S/C49H34BN3OS/c1-27-24-38-44-39(25-27)53-36-18-9-14-30-29-12-5-7-16-34(29)51(45(30)36)37-19-10-15-33(47(37)53)50(44)48-46(32-26-28(49(2,3)4)22-23-40(32)54-48)52(38)35-17-11-21-42-43(35)31-13-6-8-20-41(31)55-42/h5-26H,1-4H3/i5D,6D,7D,8D,9D,10D,11D,12D,13D,14D,15D,16D,17D,18D,19D,20D,21D,22D,23D,24D,25D,26D. The molecule has 6 heterocycles. The molecule has 260 valence electrons. The summed E-state index contributed by atoms with van der Waals surface area (Å²) in [6.07, 6.45) is 0. The van der Waals surface area contributed by atoms with Crippen molar-refractivity contribution in [3.8, 4) is 5.69 Å². The Balaban J connectivity index is 1.34. The number of para-hydroxylation sites is 3. The summed E-state index contributed by atoms with van der Waals surface area (Å²) < 4.78 is 215. The van der Waals surface area contributed by atoms with Gasteiger partial charge < -0.3 is 18.8 Å². The Morgan fingerprint density at radius 2 is 1.31 bits per heavy atom. The van der Waals surface area contributed by atoms with E-state index in [2.05, 4.69) is 0 Å². The Labute approximate surface area is 353 Å². The predicted molar refractivity (Wildman–Crippen MR) is 234 cm³/mol. The highest BCUT2D eigenvalue weighted by atomic mass is 32.1. The molecule has 10 aromatic rings. The van der Waals surface area contributed by atoms with Crippen LogP contribution >= 0.6 is 11.3 Å². The fraction of sp³-hybridized carbons (Fsp3) is 0.102. The van der Waals surface area contributed by atoms with E-state index in [1.807, 2.05) is 0 Å². The van der Waals surface area contributed by atoms with E-state index in [0.717, 1.165) is 11.3 Å². The van der Waals surface area contributed by atoms with Gasteiger partial charge in [-0.15, -0.1) is 11.3 Å². The maximum absolute atomic E-state index is 10.2. The molecule has 0 aliphatic carbocycles. The lowest BCUT2D eigenvalue weighted by atomic mass is 9.35. The number of benzene rings is 7. The number of hydrogen-bond acceptors (Lipinski definition) is 4. The highest BCUT2D eigenvalue weighted by Gasteiger charge is 2.49. The zero-order chi connectivity index (χ0) is 55.6. The van der Waals surface area contributed by atoms with Crippen molar-refractivity contribution in [2.24, 2.45) is 0 Å². The van der Waals surface area contributed by atoms with Gasteiger partial charge in [0.15, 0.2) is 0 Å². The molecule has 6 heteroatoms. The number of aromatic nitrogens is 1. The van der Waals surface area contributed by atoms with Gasteiger partial charge in [0.25, 0.3) is 6.71 Å². The van der Waals surface area contributed by atoms with Crippen molar-refractivity contribution in [3.63, 3.8) is 0 Å². The third kappa shape index (κ3) is 3.69. The van der Waals surface area contributed by atoms with Crippen molar-refractivity contribution in [1.29, 1.82) is 0 Å². The SMILES string of the molecule is [2H]c1c([2H])c2c3c(c1[2H])-n1c4c([2H])c([2H])c([2H])c([2H])c4c4c([2H])c([2H])c([2H])c(c41)N3c1c([2H])c(C)c([2H])c3c1B2c1oc2c([2H])c([2H])c(C(C)(C)C)c([2H])c2c1N3c1c([2H])c([2H])c([2H])c2sc3c([2H])c([2H])c([2H])c([2H])c3c12. The maximum Gasteiger partial charge on any atom is 0.297 e. The summed E-state index contributed by atoms with van der Waals surface area (Å²) in [5.74, 6) is 0. The summed E-state index contributed by atoms with van der Waals surface area (Å²) in [7, 11) is 0. The van der Waals surface area contributed by atoms with E-state index in [0.29, 0.717) is 0 Å². The fourth-order valence-corrected chi connectivity index (χ4v) is 9.47. The van der Waals surface area contributed by atoms with Crippen LogP contribution in [0.3, 0.4) is 0 Å². The number of nitrogens with zero attached hydrogens (tertiary/aromatic N) is 3. The van der Waals surface area contributed by atoms with Crippen LogP contribution in [0.5, 0.6) is 0 Å². The minimum atomic E-state index is -1.61. The van der Waals surface area contributed by atoms with Gasteiger partial charge in [0.1, 0.15) is 5.58 Å². The summed E-state index contributed by atoms with van der Waals surface area (Å²) in [4.78, 5) is 2.59. The number of anilines is 6. The summed E-state index contributed by atoms with van der Waals surface area (Å²) in [6.45, 7) is 5.00. The molecule has 0 radical (unpaired) electrons. The van der Waals surface area contributed by atoms with E-state index < -0.39 is 133 Å². The summed E-state index contributed by atoms with van der Waals surface area (Å²) in [5, 5.41) is -0.934. The maximum atomic E-state index is 10.2. The molecule has 0 unspecified atom stereocenters. The van der Waals surface area contributed by atoms with Gasteiger partial charge in [0.05, 0.1) is 75.3 Å².